The smallest absolute Gasteiger partial charge is 0.319 e. The SMILES string of the molecule is COc1cccc(C)c1NC(=O)NC1CCOC2(CCCC2)C1. The van der Waals surface area contributed by atoms with Crippen LogP contribution in [0.2, 0.25) is 0 Å². The van der Waals surface area contributed by atoms with Crippen molar-refractivity contribution in [1.29, 1.82) is 0 Å². The first-order valence-corrected chi connectivity index (χ1v) is 8.47. The molecule has 0 bridgehead atoms. The zero-order valence-electron chi connectivity index (χ0n) is 14.0. The van der Waals surface area contributed by atoms with E-state index in [9.17, 15) is 4.79 Å². The molecule has 23 heavy (non-hydrogen) atoms. The molecule has 1 aliphatic carbocycles. The van der Waals surface area contributed by atoms with E-state index in [0.29, 0.717) is 5.75 Å². The van der Waals surface area contributed by atoms with E-state index in [1.165, 1.54) is 12.8 Å². The summed E-state index contributed by atoms with van der Waals surface area (Å²) in [6.07, 6.45) is 6.51. The van der Waals surface area contributed by atoms with Crippen LogP contribution in [0.4, 0.5) is 10.5 Å². The van der Waals surface area contributed by atoms with E-state index in [1.807, 2.05) is 25.1 Å². The largest absolute Gasteiger partial charge is 0.495 e. The highest BCUT2D eigenvalue weighted by Gasteiger charge is 2.40. The molecule has 2 amide bonds. The van der Waals surface area contributed by atoms with Gasteiger partial charge in [0.25, 0.3) is 0 Å². The van der Waals surface area contributed by atoms with E-state index in [4.69, 9.17) is 9.47 Å². The number of benzene rings is 1. The number of para-hydroxylation sites is 1. The zero-order chi connectivity index (χ0) is 16.3. The molecule has 126 valence electrons. The molecule has 2 aliphatic rings. The van der Waals surface area contributed by atoms with E-state index in [1.54, 1.807) is 7.11 Å². The molecule has 1 unspecified atom stereocenters. The number of hydrogen-bond donors (Lipinski definition) is 2. The Morgan fingerprint density at radius 2 is 2.13 bits per heavy atom. The first-order valence-electron chi connectivity index (χ1n) is 8.47. The molecule has 5 heteroatoms. The zero-order valence-corrected chi connectivity index (χ0v) is 14.0. The second kappa shape index (κ2) is 6.79. The summed E-state index contributed by atoms with van der Waals surface area (Å²) in [6.45, 7) is 2.69. The minimum Gasteiger partial charge on any atom is -0.495 e. The van der Waals surface area contributed by atoms with Gasteiger partial charge in [0.05, 0.1) is 18.4 Å². The minimum absolute atomic E-state index is 0.0105. The number of rotatable bonds is 3. The quantitative estimate of drug-likeness (QED) is 0.895. The third kappa shape index (κ3) is 3.61. The van der Waals surface area contributed by atoms with Crippen LogP contribution in [0, 0.1) is 6.92 Å². The summed E-state index contributed by atoms with van der Waals surface area (Å²) in [7, 11) is 1.61. The number of amides is 2. The minimum atomic E-state index is -0.169. The Bertz CT molecular complexity index is 567. The molecule has 0 aromatic heterocycles. The number of ether oxygens (including phenoxy) is 2. The van der Waals surface area contributed by atoms with Crippen molar-refractivity contribution in [1.82, 2.24) is 5.32 Å². The van der Waals surface area contributed by atoms with Crippen LogP contribution in [0.25, 0.3) is 0 Å². The van der Waals surface area contributed by atoms with Crippen molar-refractivity contribution in [3.63, 3.8) is 0 Å². The Labute approximate surface area is 137 Å². The van der Waals surface area contributed by atoms with Gasteiger partial charge in [-0.3, -0.25) is 0 Å². The predicted octanol–water partition coefficient (Wildman–Crippen LogP) is 3.62. The van der Waals surface area contributed by atoms with Crippen molar-refractivity contribution in [2.24, 2.45) is 0 Å². The monoisotopic (exact) mass is 318 g/mol. The lowest BCUT2D eigenvalue weighted by Gasteiger charge is -2.38. The Kier molecular flexibility index (Phi) is 4.76. The van der Waals surface area contributed by atoms with Crippen LogP contribution in [-0.4, -0.2) is 31.4 Å². The fourth-order valence-corrected chi connectivity index (χ4v) is 3.82. The van der Waals surface area contributed by atoms with Crippen LogP contribution < -0.4 is 15.4 Å². The molecule has 1 saturated heterocycles. The van der Waals surface area contributed by atoms with E-state index >= 15 is 0 Å². The van der Waals surface area contributed by atoms with Gasteiger partial charge in [-0.1, -0.05) is 25.0 Å². The fraction of sp³-hybridized carbons (Fsp3) is 0.611. The molecule has 1 aromatic rings. The van der Waals surface area contributed by atoms with Crippen LogP contribution in [0.1, 0.15) is 44.1 Å². The molecular weight excluding hydrogens is 292 g/mol. The van der Waals surface area contributed by atoms with E-state index < -0.39 is 0 Å². The van der Waals surface area contributed by atoms with Crippen LogP contribution >= 0.6 is 0 Å². The molecule has 2 fully saturated rings. The number of carbonyl (C=O) groups excluding carboxylic acids is 1. The van der Waals surface area contributed by atoms with Crippen molar-refractivity contribution in [2.45, 2.75) is 57.1 Å². The summed E-state index contributed by atoms with van der Waals surface area (Å²) in [5, 5.41) is 6.05. The number of hydrogen-bond acceptors (Lipinski definition) is 3. The Morgan fingerprint density at radius 1 is 1.35 bits per heavy atom. The average Bonchev–Trinajstić information content (AvgIpc) is 2.97. The van der Waals surface area contributed by atoms with Crippen LogP contribution in [0.15, 0.2) is 18.2 Å². The van der Waals surface area contributed by atoms with Crippen LogP contribution in [-0.2, 0) is 4.74 Å². The maximum Gasteiger partial charge on any atom is 0.319 e. The molecule has 1 heterocycles. The molecule has 3 rings (SSSR count). The molecule has 1 aliphatic heterocycles. The van der Waals surface area contributed by atoms with E-state index in [-0.39, 0.29) is 17.7 Å². The molecule has 1 aromatic carbocycles. The van der Waals surface area contributed by atoms with Gasteiger partial charge in [0, 0.05) is 12.6 Å². The molecule has 1 saturated carbocycles. The van der Waals surface area contributed by atoms with Crippen molar-refractivity contribution in [2.75, 3.05) is 19.0 Å². The van der Waals surface area contributed by atoms with Crippen molar-refractivity contribution >= 4 is 11.7 Å². The summed E-state index contributed by atoms with van der Waals surface area (Å²) in [5.74, 6) is 0.680. The number of methoxy groups -OCH3 is 1. The molecule has 5 nitrogen and oxygen atoms in total. The first-order chi connectivity index (χ1) is 11.1. The number of anilines is 1. The number of aryl methyl sites for hydroxylation is 1. The second-order valence-corrected chi connectivity index (χ2v) is 6.68. The number of nitrogens with one attached hydrogen (secondary N) is 2. The van der Waals surface area contributed by atoms with E-state index in [2.05, 4.69) is 10.6 Å². The highest BCUT2D eigenvalue weighted by molar-refractivity contribution is 5.92. The van der Waals surface area contributed by atoms with Crippen molar-refractivity contribution in [3.05, 3.63) is 23.8 Å². The van der Waals surface area contributed by atoms with Gasteiger partial charge < -0.3 is 20.1 Å². The van der Waals surface area contributed by atoms with Gasteiger partial charge in [0.15, 0.2) is 0 Å². The topological polar surface area (TPSA) is 59.6 Å². The average molecular weight is 318 g/mol. The molecule has 2 N–H and O–H groups in total. The summed E-state index contributed by atoms with van der Waals surface area (Å²) in [4.78, 5) is 12.4. The van der Waals surface area contributed by atoms with Crippen molar-refractivity contribution < 1.29 is 14.3 Å². The highest BCUT2D eigenvalue weighted by atomic mass is 16.5. The third-order valence-electron chi connectivity index (χ3n) is 5.04. The lowest BCUT2D eigenvalue weighted by Crippen LogP contribution is -2.48. The predicted molar refractivity (Wildman–Crippen MR) is 90.1 cm³/mol. The lowest BCUT2D eigenvalue weighted by atomic mass is 9.89. The van der Waals surface area contributed by atoms with Crippen molar-refractivity contribution in [3.8, 4) is 5.75 Å². The van der Waals surface area contributed by atoms with Gasteiger partial charge in [-0.25, -0.2) is 4.79 Å². The molecule has 0 radical (unpaired) electrons. The fourth-order valence-electron chi connectivity index (χ4n) is 3.82. The summed E-state index contributed by atoms with van der Waals surface area (Å²) >= 11 is 0. The van der Waals surface area contributed by atoms with E-state index in [0.717, 1.165) is 43.5 Å². The Morgan fingerprint density at radius 3 is 2.87 bits per heavy atom. The summed E-state index contributed by atoms with van der Waals surface area (Å²) in [5.41, 5.74) is 1.73. The Hall–Kier alpha value is -1.75. The standard InChI is InChI=1S/C18H26N2O3/c1-13-6-5-7-15(22-2)16(13)20-17(21)19-14-8-11-23-18(12-14)9-3-4-10-18/h5-7,14H,3-4,8-12H2,1-2H3,(H2,19,20,21). The molecule has 1 atom stereocenters. The maximum atomic E-state index is 12.4. The highest BCUT2D eigenvalue weighted by Crippen LogP contribution is 2.40. The normalized spacial score (nSPS) is 22.8. The van der Waals surface area contributed by atoms with Gasteiger partial charge >= 0.3 is 6.03 Å². The summed E-state index contributed by atoms with van der Waals surface area (Å²) in [6, 6.07) is 5.74. The number of urea groups is 1. The van der Waals surface area contributed by atoms with Gasteiger partial charge in [-0.2, -0.15) is 0 Å². The maximum absolute atomic E-state index is 12.4. The number of carbonyl (C=O) groups is 1. The lowest BCUT2D eigenvalue weighted by molar-refractivity contribution is -0.0818. The molecular formula is C18H26N2O3. The Balaban J connectivity index is 1.61. The first kappa shape index (κ1) is 16.1. The third-order valence-corrected chi connectivity index (χ3v) is 5.04. The molecule has 1 spiro atoms. The van der Waals surface area contributed by atoms with Crippen LogP contribution in [0.3, 0.4) is 0 Å². The van der Waals surface area contributed by atoms with Crippen LogP contribution in [0.5, 0.6) is 5.75 Å². The van der Waals surface area contributed by atoms with Gasteiger partial charge in [0.2, 0.25) is 0 Å². The van der Waals surface area contributed by atoms with Gasteiger partial charge in [-0.15, -0.1) is 0 Å². The van der Waals surface area contributed by atoms with Gasteiger partial charge in [0.1, 0.15) is 5.75 Å². The van der Waals surface area contributed by atoms with Gasteiger partial charge in [-0.05, 0) is 44.2 Å². The summed E-state index contributed by atoms with van der Waals surface area (Å²) < 4.78 is 11.4. The second-order valence-electron chi connectivity index (χ2n) is 6.68.